The molecule has 0 amide bonds. The van der Waals surface area contributed by atoms with Crippen molar-refractivity contribution >= 4 is 5.97 Å². The van der Waals surface area contributed by atoms with Crippen LogP contribution < -0.4 is 0 Å². The molecule has 7 heteroatoms. The summed E-state index contributed by atoms with van der Waals surface area (Å²) in [5, 5.41) is 44.9. The van der Waals surface area contributed by atoms with Crippen molar-refractivity contribution < 1.29 is 35.1 Å². The number of aliphatic hydroxyl groups is 5. The van der Waals surface area contributed by atoms with Gasteiger partial charge in [-0.25, -0.2) is 0 Å². The van der Waals surface area contributed by atoms with Crippen LogP contribution in [0.1, 0.15) is 19.3 Å². The zero-order valence-electron chi connectivity index (χ0n) is 10.3. The summed E-state index contributed by atoms with van der Waals surface area (Å²) in [6, 6.07) is 0. The van der Waals surface area contributed by atoms with Gasteiger partial charge in [-0.05, 0) is 18.8 Å². The van der Waals surface area contributed by atoms with Crippen LogP contribution in [0.25, 0.3) is 0 Å². The van der Waals surface area contributed by atoms with E-state index >= 15 is 0 Å². The second kappa shape index (κ2) is 9.23. The van der Waals surface area contributed by atoms with Gasteiger partial charge in [-0.15, -0.1) is 0 Å². The Balaban J connectivity index is 4.24. The van der Waals surface area contributed by atoms with Gasteiger partial charge in [0.1, 0.15) is 0 Å². The monoisotopic (exact) mass is 266 g/mol. The molecular formula is C11H22O7. The van der Waals surface area contributed by atoms with Crippen molar-refractivity contribution in [2.45, 2.75) is 19.3 Å². The Morgan fingerprint density at radius 2 is 1.61 bits per heavy atom. The van der Waals surface area contributed by atoms with Gasteiger partial charge >= 0.3 is 5.97 Å². The lowest BCUT2D eigenvalue weighted by atomic mass is 9.82. The Bertz CT molecular complexity index is 219. The van der Waals surface area contributed by atoms with Crippen molar-refractivity contribution in [1.82, 2.24) is 0 Å². The number of esters is 1. The summed E-state index contributed by atoms with van der Waals surface area (Å²) in [6.07, 6.45) is 0.558. The van der Waals surface area contributed by atoms with E-state index in [1.807, 2.05) is 0 Å². The predicted octanol–water partition coefficient (Wildman–Crippen LogP) is -1.78. The first kappa shape index (κ1) is 17.3. The highest BCUT2D eigenvalue weighted by Crippen LogP contribution is 2.25. The van der Waals surface area contributed by atoms with Gasteiger partial charge in [-0.3, -0.25) is 4.79 Å². The summed E-state index contributed by atoms with van der Waals surface area (Å²) in [5.74, 6) is -1.02. The molecule has 0 radical (unpaired) electrons. The van der Waals surface area contributed by atoms with Crippen LogP contribution in [-0.4, -0.2) is 64.7 Å². The number of hydrogen-bond acceptors (Lipinski definition) is 7. The minimum Gasteiger partial charge on any atom is -0.439 e. The van der Waals surface area contributed by atoms with E-state index < -0.39 is 24.1 Å². The normalized spacial score (nSPS) is 13.4. The van der Waals surface area contributed by atoms with E-state index in [-0.39, 0.29) is 39.3 Å². The van der Waals surface area contributed by atoms with Gasteiger partial charge in [0.25, 0.3) is 0 Å². The topological polar surface area (TPSA) is 127 Å². The number of carbonyl (C=O) groups excluding carboxylic acids is 1. The van der Waals surface area contributed by atoms with E-state index in [0.29, 0.717) is 6.42 Å². The van der Waals surface area contributed by atoms with Crippen molar-refractivity contribution in [3.63, 3.8) is 0 Å². The maximum atomic E-state index is 11.1. The molecule has 0 saturated carbocycles. The minimum atomic E-state index is -1.01. The predicted molar refractivity (Wildman–Crippen MR) is 61.3 cm³/mol. The van der Waals surface area contributed by atoms with E-state index in [9.17, 15) is 4.79 Å². The molecule has 108 valence electrons. The third-order valence-corrected chi connectivity index (χ3v) is 3.03. The molecule has 0 aliphatic rings. The van der Waals surface area contributed by atoms with Crippen molar-refractivity contribution in [3.05, 3.63) is 0 Å². The fourth-order valence-electron chi connectivity index (χ4n) is 1.52. The van der Waals surface area contributed by atoms with Crippen molar-refractivity contribution in [2.75, 3.05) is 33.2 Å². The lowest BCUT2D eigenvalue weighted by Crippen LogP contribution is -2.34. The molecule has 5 N–H and O–H groups in total. The standard InChI is InChI=1S/C11H22O7/c12-4-9(3-10(17)18-8-16)1-2-11(5-13,6-14)7-15/h9,12-16H,1-8H2. The molecule has 0 saturated heterocycles. The molecule has 0 aliphatic carbocycles. The molecule has 0 aliphatic heterocycles. The quantitative estimate of drug-likeness (QED) is 0.234. The summed E-state index contributed by atoms with van der Waals surface area (Å²) >= 11 is 0. The smallest absolute Gasteiger partial charge is 0.308 e. The van der Waals surface area contributed by atoms with Crippen LogP contribution in [0.4, 0.5) is 0 Å². The molecule has 18 heavy (non-hydrogen) atoms. The Labute approximate surface area is 106 Å². The zero-order chi connectivity index (χ0) is 14.0. The third-order valence-electron chi connectivity index (χ3n) is 3.03. The van der Waals surface area contributed by atoms with Crippen molar-refractivity contribution in [2.24, 2.45) is 11.3 Å². The summed E-state index contributed by atoms with van der Waals surface area (Å²) in [6.45, 7) is -2.08. The summed E-state index contributed by atoms with van der Waals surface area (Å²) in [5.41, 5.74) is -1.01. The minimum absolute atomic E-state index is 0.0601. The maximum Gasteiger partial charge on any atom is 0.308 e. The molecule has 0 aromatic carbocycles. The fourth-order valence-corrected chi connectivity index (χ4v) is 1.52. The SMILES string of the molecule is O=C(CC(CO)CCC(CO)(CO)CO)OCO. The second-order valence-corrected chi connectivity index (χ2v) is 4.41. The summed E-state index contributed by atoms with van der Waals surface area (Å²) in [4.78, 5) is 11.1. The molecule has 0 aromatic rings. The Kier molecular flexibility index (Phi) is 8.86. The van der Waals surface area contributed by atoms with Crippen LogP contribution in [-0.2, 0) is 9.53 Å². The first-order chi connectivity index (χ1) is 8.57. The molecule has 1 atom stereocenters. The van der Waals surface area contributed by atoms with Crippen LogP contribution in [0.15, 0.2) is 0 Å². The second-order valence-electron chi connectivity index (χ2n) is 4.41. The van der Waals surface area contributed by atoms with E-state index in [1.165, 1.54) is 0 Å². The summed E-state index contributed by atoms with van der Waals surface area (Å²) in [7, 11) is 0. The lowest BCUT2D eigenvalue weighted by molar-refractivity contribution is -0.153. The largest absolute Gasteiger partial charge is 0.439 e. The van der Waals surface area contributed by atoms with E-state index in [4.69, 9.17) is 25.5 Å². The lowest BCUT2D eigenvalue weighted by Gasteiger charge is -2.28. The van der Waals surface area contributed by atoms with Gasteiger partial charge in [0, 0.05) is 12.0 Å². The van der Waals surface area contributed by atoms with E-state index in [2.05, 4.69) is 4.74 Å². The Morgan fingerprint density at radius 3 is 2.00 bits per heavy atom. The molecule has 0 aromatic heterocycles. The number of rotatable bonds is 10. The van der Waals surface area contributed by atoms with Gasteiger partial charge in [-0.2, -0.15) is 0 Å². The van der Waals surface area contributed by atoms with Crippen LogP contribution in [0.2, 0.25) is 0 Å². The molecule has 0 bridgehead atoms. The highest BCUT2D eigenvalue weighted by atomic mass is 16.6. The number of carbonyl (C=O) groups is 1. The van der Waals surface area contributed by atoms with Gasteiger partial charge < -0.3 is 30.3 Å². The molecule has 7 nitrogen and oxygen atoms in total. The first-order valence-corrected chi connectivity index (χ1v) is 5.77. The first-order valence-electron chi connectivity index (χ1n) is 5.77. The Hall–Kier alpha value is -0.730. The zero-order valence-corrected chi connectivity index (χ0v) is 10.3. The van der Waals surface area contributed by atoms with Crippen molar-refractivity contribution in [3.8, 4) is 0 Å². The number of ether oxygens (including phenoxy) is 1. The average molecular weight is 266 g/mol. The van der Waals surface area contributed by atoms with Gasteiger partial charge in [-0.1, -0.05) is 0 Å². The molecule has 0 heterocycles. The average Bonchev–Trinajstić information content (AvgIpc) is 2.39. The molecule has 0 spiro atoms. The van der Waals surface area contributed by atoms with E-state index in [1.54, 1.807) is 0 Å². The van der Waals surface area contributed by atoms with Gasteiger partial charge in [0.15, 0.2) is 6.79 Å². The van der Waals surface area contributed by atoms with Crippen LogP contribution in [0.5, 0.6) is 0 Å². The van der Waals surface area contributed by atoms with Gasteiger partial charge in [0.2, 0.25) is 0 Å². The van der Waals surface area contributed by atoms with Crippen LogP contribution in [0.3, 0.4) is 0 Å². The maximum absolute atomic E-state index is 11.1. The third kappa shape index (κ3) is 5.74. The van der Waals surface area contributed by atoms with Gasteiger partial charge in [0.05, 0.1) is 26.2 Å². The van der Waals surface area contributed by atoms with Crippen LogP contribution >= 0.6 is 0 Å². The molecule has 0 rings (SSSR count). The van der Waals surface area contributed by atoms with Crippen LogP contribution in [0, 0.1) is 11.3 Å². The molecule has 1 unspecified atom stereocenters. The number of aliphatic hydroxyl groups excluding tert-OH is 5. The van der Waals surface area contributed by atoms with E-state index in [0.717, 1.165) is 0 Å². The molecular weight excluding hydrogens is 244 g/mol. The fraction of sp³-hybridized carbons (Fsp3) is 0.909. The number of hydrogen-bond donors (Lipinski definition) is 5. The highest BCUT2D eigenvalue weighted by molar-refractivity contribution is 5.69. The highest BCUT2D eigenvalue weighted by Gasteiger charge is 2.29. The summed E-state index contributed by atoms with van der Waals surface area (Å²) < 4.78 is 4.34. The Morgan fingerprint density at radius 1 is 1.06 bits per heavy atom. The van der Waals surface area contributed by atoms with Crippen molar-refractivity contribution in [1.29, 1.82) is 0 Å². The molecule has 0 fully saturated rings.